The fraction of sp³-hybridized carbons (Fsp3) is 0.500. The number of carbonyl (C=O) groups is 1. The lowest BCUT2D eigenvalue weighted by atomic mass is 9.78. The molecule has 1 aromatic heterocycles. The summed E-state index contributed by atoms with van der Waals surface area (Å²) in [6.45, 7) is 7.78. The average molecular weight is 409 g/mol. The molecular formula is C20H26Cl2N4O. The maximum atomic E-state index is 12.8. The number of aryl methyl sites for hydroxylation is 1. The summed E-state index contributed by atoms with van der Waals surface area (Å²) in [5, 5.41) is 8.63. The van der Waals surface area contributed by atoms with Crippen LogP contribution in [0.5, 0.6) is 0 Å². The summed E-state index contributed by atoms with van der Waals surface area (Å²) in [4.78, 5) is 14.8. The number of amides is 1. The molecule has 0 unspecified atom stereocenters. The smallest absolute Gasteiger partial charge is 0.253 e. The Morgan fingerprint density at radius 1 is 1.15 bits per heavy atom. The third kappa shape index (κ3) is 3.73. The Morgan fingerprint density at radius 2 is 1.81 bits per heavy atom. The first-order valence-corrected chi connectivity index (χ1v) is 9.69. The van der Waals surface area contributed by atoms with Crippen LogP contribution in [0.4, 0.5) is 0 Å². The van der Waals surface area contributed by atoms with Crippen LogP contribution in [0.3, 0.4) is 0 Å². The van der Waals surface area contributed by atoms with Crippen molar-refractivity contribution in [3.8, 4) is 5.69 Å². The van der Waals surface area contributed by atoms with Crippen molar-refractivity contribution in [3.63, 3.8) is 0 Å². The Kier molecular flexibility index (Phi) is 5.84. The molecule has 1 spiro atoms. The highest BCUT2D eigenvalue weighted by molar-refractivity contribution is 6.31. The van der Waals surface area contributed by atoms with E-state index in [-0.39, 0.29) is 18.3 Å². The molecule has 3 heterocycles. The predicted molar refractivity (Wildman–Crippen MR) is 110 cm³/mol. The number of hydrogen-bond acceptors (Lipinski definition) is 3. The van der Waals surface area contributed by atoms with Gasteiger partial charge in [-0.3, -0.25) is 4.79 Å². The summed E-state index contributed by atoms with van der Waals surface area (Å²) in [6, 6.07) is 7.66. The lowest BCUT2D eigenvalue weighted by Gasteiger charge is -2.38. The number of nitrogens with one attached hydrogen (secondary N) is 1. The molecule has 2 aliphatic rings. The number of hydrogen-bond donors (Lipinski definition) is 1. The van der Waals surface area contributed by atoms with Gasteiger partial charge in [0.2, 0.25) is 0 Å². The first kappa shape index (κ1) is 20.2. The van der Waals surface area contributed by atoms with E-state index in [1.54, 1.807) is 0 Å². The minimum Gasteiger partial charge on any atom is -0.339 e. The van der Waals surface area contributed by atoms with Crippen LogP contribution >= 0.6 is 24.0 Å². The van der Waals surface area contributed by atoms with Crippen molar-refractivity contribution in [2.75, 3.05) is 26.2 Å². The molecule has 2 fully saturated rings. The quantitative estimate of drug-likeness (QED) is 0.822. The standard InChI is InChI=1S/C20H25ClN4O.ClH/c1-14-18(21)15(2)25(23-14)17-5-3-16(4-6-17)19(26)24-11-8-20(9-12-24)7-10-22-13-20;/h3-6,22H,7-13H2,1-2H3;1H. The summed E-state index contributed by atoms with van der Waals surface area (Å²) < 4.78 is 1.82. The number of nitrogens with zero attached hydrogens (tertiary/aromatic N) is 3. The third-order valence-corrected chi connectivity index (χ3v) is 6.55. The van der Waals surface area contributed by atoms with E-state index in [1.165, 1.54) is 6.42 Å². The van der Waals surface area contributed by atoms with Gasteiger partial charge in [0.1, 0.15) is 0 Å². The lowest BCUT2D eigenvalue weighted by molar-refractivity contribution is 0.0607. The van der Waals surface area contributed by atoms with Crippen LogP contribution in [-0.4, -0.2) is 46.8 Å². The van der Waals surface area contributed by atoms with Gasteiger partial charge in [0, 0.05) is 25.2 Å². The first-order chi connectivity index (χ1) is 12.5. The van der Waals surface area contributed by atoms with Crippen molar-refractivity contribution in [1.29, 1.82) is 0 Å². The molecule has 146 valence electrons. The first-order valence-electron chi connectivity index (χ1n) is 9.31. The van der Waals surface area contributed by atoms with E-state index in [2.05, 4.69) is 10.4 Å². The molecule has 4 rings (SSSR count). The molecule has 1 N–H and O–H groups in total. The van der Waals surface area contributed by atoms with E-state index in [1.807, 2.05) is 47.7 Å². The number of piperidine rings is 1. The maximum Gasteiger partial charge on any atom is 0.253 e. The second-order valence-corrected chi connectivity index (χ2v) is 8.04. The molecule has 0 aliphatic carbocycles. The minimum absolute atomic E-state index is 0. The summed E-state index contributed by atoms with van der Waals surface area (Å²) in [7, 11) is 0. The normalized spacial score (nSPS) is 18.6. The topological polar surface area (TPSA) is 50.2 Å². The summed E-state index contributed by atoms with van der Waals surface area (Å²) >= 11 is 6.23. The molecule has 7 heteroatoms. The van der Waals surface area contributed by atoms with Gasteiger partial charge in [-0.2, -0.15) is 5.10 Å². The number of benzene rings is 1. The van der Waals surface area contributed by atoms with Crippen molar-refractivity contribution in [2.24, 2.45) is 5.41 Å². The Balaban J connectivity index is 0.00000210. The van der Waals surface area contributed by atoms with E-state index < -0.39 is 0 Å². The van der Waals surface area contributed by atoms with Crippen molar-refractivity contribution in [1.82, 2.24) is 20.0 Å². The van der Waals surface area contributed by atoms with Crippen LogP contribution in [0.15, 0.2) is 24.3 Å². The maximum absolute atomic E-state index is 12.8. The van der Waals surface area contributed by atoms with E-state index >= 15 is 0 Å². The Morgan fingerprint density at radius 3 is 2.33 bits per heavy atom. The highest BCUT2D eigenvalue weighted by Gasteiger charge is 2.38. The largest absolute Gasteiger partial charge is 0.339 e. The molecule has 0 atom stereocenters. The van der Waals surface area contributed by atoms with Gasteiger partial charge < -0.3 is 10.2 Å². The molecule has 27 heavy (non-hydrogen) atoms. The van der Waals surface area contributed by atoms with Gasteiger partial charge in [-0.1, -0.05) is 11.6 Å². The van der Waals surface area contributed by atoms with Gasteiger partial charge in [0.25, 0.3) is 5.91 Å². The highest BCUT2D eigenvalue weighted by Crippen LogP contribution is 2.37. The number of halogens is 2. The van der Waals surface area contributed by atoms with Crippen LogP contribution in [0.1, 0.15) is 41.0 Å². The summed E-state index contributed by atoms with van der Waals surface area (Å²) in [5.74, 6) is 0.128. The SMILES string of the molecule is Cc1nn(-c2ccc(C(=O)N3CCC4(CCNC4)CC3)cc2)c(C)c1Cl.Cl. The zero-order valence-electron chi connectivity index (χ0n) is 15.8. The van der Waals surface area contributed by atoms with Crippen LogP contribution in [0.2, 0.25) is 5.02 Å². The Bertz CT molecular complexity index is 815. The van der Waals surface area contributed by atoms with Crippen molar-refractivity contribution >= 4 is 29.9 Å². The summed E-state index contributed by atoms with van der Waals surface area (Å²) in [6.07, 6.45) is 3.46. The second-order valence-electron chi connectivity index (χ2n) is 7.66. The zero-order valence-corrected chi connectivity index (χ0v) is 17.4. The summed E-state index contributed by atoms with van der Waals surface area (Å²) in [5.41, 5.74) is 3.81. The van der Waals surface area contributed by atoms with E-state index in [4.69, 9.17) is 11.6 Å². The van der Waals surface area contributed by atoms with Gasteiger partial charge in [-0.15, -0.1) is 12.4 Å². The molecule has 0 radical (unpaired) electrons. The number of aromatic nitrogens is 2. The van der Waals surface area contributed by atoms with Crippen LogP contribution < -0.4 is 5.32 Å². The minimum atomic E-state index is 0. The Hall–Kier alpha value is -1.56. The van der Waals surface area contributed by atoms with Gasteiger partial charge in [0.15, 0.2) is 0 Å². The van der Waals surface area contributed by atoms with E-state index in [0.717, 1.165) is 61.7 Å². The van der Waals surface area contributed by atoms with Gasteiger partial charge in [-0.05, 0) is 69.3 Å². The second kappa shape index (κ2) is 7.82. The van der Waals surface area contributed by atoms with Crippen LogP contribution in [0, 0.1) is 19.3 Å². The van der Waals surface area contributed by atoms with Gasteiger partial charge in [-0.25, -0.2) is 4.68 Å². The van der Waals surface area contributed by atoms with Gasteiger partial charge >= 0.3 is 0 Å². The molecule has 2 saturated heterocycles. The fourth-order valence-electron chi connectivity index (χ4n) is 4.21. The van der Waals surface area contributed by atoms with Crippen LogP contribution in [-0.2, 0) is 0 Å². The van der Waals surface area contributed by atoms with E-state index in [9.17, 15) is 4.79 Å². The molecule has 0 bridgehead atoms. The fourth-order valence-corrected chi connectivity index (χ4v) is 4.33. The highest BCUT2D eigenvalue weighted by atomic mass is 35.5. The molecule has 1 aromatic carbocycles. The molecule has 1 amide bonds. The molecule has 5 nitrogen and oxygen atoms in total. The van der Waals surface area contributed by atoms with Crippen molar-refractivity contribution in [2.45, 2.75) is 33.1 Å². The molecule has 2 aliphatic heterocycles. The molecular weight excluding hydrogens is 383 g/mol. The number of rotatable bonds is 2. The molecule has 0 saturated carbocycles. The molecule has 2 aromatic rings. The van der Waals surface area contributed by atoms with Crippen LogP contribution in [0.25, 0.3) is 5.69 Å². The third-order valence-electron chi connectivity index (χ3n) is 6.01. The lowest BCUT2D eigenvalue weighted by Crippen LogP contribution is -2.44. The Labute approximate surface area is 171 Å². The average Bonchev–Trinajstić information content (AvgIpc) is 3.22. The monoisotopic (exact) mass is 408 g/mol. The van der Waals surface area contributed by atoms with Crippen molar-refractivity contribution < 1.29 is 4.79 Å². The van der Waals surface area contributed by atoms with Gasteiger partial charge in [0.05, 0.1) is 22.1 Å². The predicted octanol–water partition coefficient (Wildman–Crippen LogP) is 3.78. The number of carbonyl (C=O) groups excluding carboxylic acids is 1. The van der Waals surface area contributed by atoms with E-state index in [0.29, 0.717) is 10.4 Å². The van der Waals surface area contributed by atoms with Crippen molar-refractivity contribution in [3.05, 3.63) is 46.2 Å². The zero-order chi connectivity index (χ0) is 18.3. The number of likely N-dealkylation sites (tertiary alicyclic amines) is 1.